The van der Waals surface area contributed by atoms with E-state index in [0.29, 0.717) is 23.6 Å². The van der Waals surface area contributed by atoms with Crippen molar-refractivity contribution in [1.29, 1.82) is 5.26 Å². The van der Waals surface area contributed by atoms with E-state index in [1.54, 1.807) is 31.2 Å². The van der Waals surface area contributed by atoms with Crippen LogP contribution in [-0.2, 0) is 16.2 Å². The molecule has 36 heavy (non-hydrogen) atoms. The molecule has 0 aliphatic carbocycles. The van der Waals surface area contributed by atoms with E-state index in [9.17, 15) is 14.9 Å². The Bertz CT molecular complexity index is 1280. The van der Waals surface area contributed by atoms with Gasteiger partial charge in [-0.3, -0.25) is 4.79 Å². The van der Waals surface area contributed by atoms with Gasteiger partial charge in [-0.1, -0.05) is 41.9 Å². The van der Waals surface area contributed by atoms with Gasteiger partial charge < -0.3 is 24.6 Å². The molecule has 0 aliphatic rings. The van der Waals surface area contributed by atoms with E-state index in [0.717, 1.165) is 5.56 Å². The van der Waals surface area contributed by atoms with Gasteiger partial charge in [-0.15, -0.1) is 0 Å². The highest BCUT2D eigenvalue weighted by molar-refractivity contribution is 6.32. The average molecular weight is 507 g/mol. The number of halogens is 1. The van der Waals surface area contributed by atoms with Crippen molar-refractivity contribution in [2.45, 2.75) is 13.5 Å². The van der Waals surface area contributed by atoms with Gasteiger partial charge in [-0.25, -0.2) is 4.79 Å². The molecule has 0 aliphatic heterocycles. The Kier molecular flexibility index (Phi) is 9.32. The van der Waals surface area contributed by atoms with Gasteiger partial charge in [0.1, 0.15) is 24.0 Å². The topological polar surface area (TPSA) is 118 Å². The van der Waals surface area contributed by atoms with E-state index in [1.807, 2.05) is 36.4 Å². The lowest BCUT2D eigenvalue weighted by molar-refractivity contribution is -0.139. The van der Waals surface area contributed by atoms with Crippen LogP contribution in [0.4, 0.5) is 5.69 Å². The van der Waals surface area contributed by atoms with E-state index in [1.165, 1.54) is 18.2 Å². The number of nitrogens with one attached hydrogen (secondary N) is 1. The van der Waals surface area contributed by atoms with Crippen molar-refractivity contribution < 1.29 is 28.9 Å². The van der Waals surface area contributed by atoms with Crippen molar-refractivity contribution in [2.24, 2.45) is 0 Å². The fraction of sp³-hybridized carbons (Fsp3) is 0.148. The van der Waals surface area contributed by atoms with Gasteiger partial charge in [0.25, 0.3) is 5.91 Å². The zero-order valence-electron chi connectivity index (χ0n) is 19.4. The maximum atomic E-state index is 12.7. The van der Waals surface area contributed by atoms with E-state index in [2.05, 4.69) is 5.32 Å². The number of anilines is 1. The molecule has 0 saturated carbocycles. The summed E-state index contributed by atoms with van der Waals surface area (Å²) in [6.07, 6.45) is 1.35. The molecule has 3 aromatic rings. The predicted molar refractivity (Wildman–Crippen MR) is 135 cm³/mol. The fourth-order valence-electron chi connectivity index (χ4n) is 3.10. The first-order valence-corrected chi connectivity index (χ1v) is 11.3. The van der Waals surface area contributed by atoms with E-state index >= 15 is 0 Å². The van der Waals surface area contributed by atoms with Gasteiger partial charge in [0.05, 0.1) is 11.6 Å². The quantitative estimate of drug-likeness (QED) is 0.266. The monoisotopic (exact) mass is 506 g/mol. The fourth-order valence-corrected chi connectivity index (χ4v) is 3.37. The van der Waals surface area contributed by atoms with Crippen LogP contribution in [0.5, 0.6) is 17.2 Å². The van der Waals surface area contributed by atoms with Crippen LogP contribution >= 0.6 is 11.6 Å². The Morgan fingerprint density at radius 3 is 2.42 bits per heavy atom. The zero-order valence-corrected chi connectivity index (χ0v) is 20.1. The van der Waals surface area contributed by atoms with Crippen LogP contribution in [0, 0.1) is 11.3 Å². The number of benzene rings is 3. The Morgan fingerprint density at radius 1 is 1.06 bits per heavy atom. The summed E-state index contributed by atoms with van der Waals surface area (Å²) in [5.41, 5.74) is 1.76. The van der Waals surface area contributed by atoms with Crippen molar-refractivity contribution in [1.82, 2.24) is 0 Å². The van der Waals surface area contributed by atoms with E-state index in [4.69, 9.17) is 30.9 Å². The number of aliphatic carboxylic acids is 1. The standard InChI is InChI=1S/C27H23ClN2O6/c1-2-34-24-14-19(13-23(28)26(24)36-17-25(31)32)12-20(15-29)27(33)30-21-8-10-22(11-9-21)35-16-18-6-4-3-5-7-18/h3-14H,2,16-17H2,1H3,(H,30,33)(H,31,32)/b20-12+. The number of carboxylic acid groups (broad SMARTS) is 1. The van der Waals surface area contributed by atoms with Gasteiger partial charge in [-0.05, 0) is 60.5 Å². The van der Waals surface area contributed by atoms with Crippen molar-refractivity contribution in [2.75, 3.05) is 18.5 Å². The molecule has 9 heteroatoms. The Hall–Kier alpha value is -4.48. The number of hydrogen-bond acceptors (Lipinski definition) is 6. The highest BCUT2D eigenvalue weighted by Crippen LogP contribution is 2.37. The van der Waals surface area contributed by atoms with Gasteiger partial charge >= 0.3 is 5.97 Å². The van der Waals surface area contributed by atoms with Crippen LogP contribution in [0.15, 0.2) is 72.3 Å². The second-order valence-electron chi connectivity index (χ2n) is 7.37. The molecule has 0 atom stereocenters. The lowest BCUT2D eigenvalue weighted by Gasteiger charge is -2.13. The van der Waals surface area contributed by atoms with Gasteiger partial charge in [-0.2, -0.15) is 5.26 Å². The number of ether oxygens (including phenoxy) is 3. The molecule has 0 unspecified atom stereocenters. The maximum absolute atomic E-state index is 12.7. The summed E-state index contributed by atoms with van der Waals surface area (Å²) in [6, 6.07) is 21.4. The summed E-state index contributed by atoms with van der Waals surface area (Å²) in [7, 11) is 0. The Balaban J connectivity index is 1.71. The molecule has 0 saturated heterocycles. The summed E-state index contributed by atoms with van der Waals surface area (Å²) < 4.78 is 16.4. The van der Waals surface area contributed by atoms with Crippen LogP contribution in [0.3, 0.4) is 0 Å². The highest BCUT2D eigenvalue weighted by atomic mass is 35.5. The van der Waals surface area contributed by atoms with E-state index < -0.39 is 18.5 Å². The molecule has 0 spiro atoms. The largest absolute Gasteiger partial charge is 0.490 e. The number of nitriles is 1. The van der Waals surface area contributed by atoms with Crippen molar-refractivity contribution in [3.8, 4) is 23.3 Å². The van der Waals surface area contributed by atoms with Gasteiger partial charge in [0, 0.05) is 5.69 Å². The minimum absolute atomic E-state index is 0.0654. The molecule has 3 aromatic carbocycles. The molecule has 184 valence electrons. The first-order valence-electron chi connectivity index (χ1n) is 10.9. The summed E-state index contributed by atoms with van der Waals surface area (Å²) in [5, 5.41) is 21.2. The number of hydrogen-bond donors (Lipinski definition) is 2. The molecule has 2 N–H and O–H groups in total. The van der Waals surface area contributed by atoms with E-state index in [-0.39, 0.29) is 28.7 Å². The van der Waals surface area contributed by atoms with Crippen LogP contribution in [-0.4, -0.2) is 30.2 Å². The number of amides is 1. The number of carboxylic acids is 1. The molecule has 0 radical (unpaired) electrons. The third-order valence-electron chi connectivity index (χ3n) is 4.71. The third kappa shape index (κ3) is 7.52. The summed E-state index contributed by atoms with van der Waals surface area (Å²) >= 11 is 6.25. The summed E-state index contributed by atoms with van der Waals surface area (Å²) in [6.45, 7) is 1.82. The summed E-state index contributed by atoms with van der Waals surface area (Å²) in [4.78, 5) is 23.5. The third-order valence-corrected chi connectivity index (χ3v) is 4.99. The normalized spacial score (nSPS) is 10.8. The molecule has 0 fully saturated rings. The number of rotatable bonds is 11. The van der Waals surface area contributed by atoms with Gasteiger partial charge in [0.15, 0.2) is 18.1 Å². The number of carbonyl (C=O) groups excluding carboxylic acids is 1. The zero-order chi connectivity index (χ0) is 25.9. The molecule has 8 nitrogen and oxygen atoms in total. The van der Waals surface area contributed by atoms with Crippen LogP contribution in [0.2, 0.25) is 5.02 Å². The lowest BCUT2D eigenvalue weighted by atomic mass is 10.1. The molecule has 1 amide bonds. The van der Waals surface area contributed by atoms with Crippen LogP contribution in [0.25, 0.3) is 6.08 Å². The Morgan fingerprint density at radius 2 is 1.78 bits per heavy atom. The molecule has 0 aromatic heterocycles. The minimum atomic E-state index is -1.17. The van der Waals surface area contributed by atoms with Crippen LogP contribution in [0.1, 0.15) is 18.1 Å². The minimum Gasteiger partial charge on any atom is -0.490 e. The van der Waals surface area contributed by atoms with Crippen molar-refractivity contribution in [3.05, 3.63) is 88.5 Å². The molecule has 0 heterocycles. The highest BCUT2D eigenvalue weighted by Gasteiger charge is 2.16. The molecular formula is C27H23ClN2O6. The lowest BCUT2D eigenvalue weighted by Crippen LogP contribution is -2.13. The van der Waals surface area contributed by atoms with Gasteiger partial charge in [0.2, 0.25) is 0 Å². The second-order valence-corrected chi connectivity index (χ2v) is 7.78. The Labute approximate surface area is 213 Å². The number of carbonyl (C=O) groups is 2. The molecular weight excluding hydrogens is 484 g/mol. The number of nitrogens with zero attached hydrogens (tertiary/aromatic N) is 1. The average Bonchev–Trinajstić information content (AvgIpc) is 2.87. The van der Waals surface area contributed by atoms with Crippen LogP contribution < -0.4 is 19.5 Å². The predicted octanol–water partition coefficient (Wildman–Crippen LogP) is 5.33. The molecule has 0 bridgehead atoms. The second kappa shape index (κ2) is 12.8. The maximum Gasteiger partial charge on any atom is 0.341 e. The van der Waals surface area contributed by atoms with Crippen molar-refractivity contribution >= 4 is 35.2 Å². The SMILES string of the molecule is CCOc1cc(/C=C(\C#N)C(=O)Nc2ccc(OCc3ccccc3)cc2)cc(Cl)c1OCC(=O)O. The molecule has 3 rings (SSSR count). The summed E-state index contributed by atoms with van der Waals surface area (Å²) in [5.74, 6) is -0.888. The first kappa shape index (κ1) is 26.1. The first-order chi connectivity index (χ1) is 17.4. The smallest absolute Gasteiger partial charge is 0.341 e. The van der Waals surface area contributed by atoms with Crippen molar-refractivity contribution in [3.63, 3.8) is 0 Å².